The molecule has 0 radical (unpaired) electrons. The van der Waals surface area contributed by atoms with Gasteiger partial charge in [-0.25, -0.2) is 4.79 Å². The molecule has 1 rings (SSSR count). The molecule has 1 aliphatic rings. The van der Waals surface area contributed by atoms with E-state index < -0.39 is 0 Å². The molecule has 0 amide bonds. The molecule has 0 aromatic heterocycles. The number of hydrogen-bond acceptors (Lipinski definition) is 3. The highest BCUT2D eigenvalue weighted by atomic mass is 16.5. The average Bonchev–Trinajstić information content (AvgIpc) is 2.22. The first-order valence-corrected chi connectivity index (χ1v) is 6.31. The van der Waals surface area contributed by atoms with E-state index in [1.807, 2.05) is 6.92 Å². The summed E-state index contributed by atoms with van der Waals surface area (Å²) < 4.78 is 4.94. The van der Waals surface area contributed by atoms with Crippen LogP contribution >= 0.6 is 0 Å². The van der Waals surface area contributed by atoms with Crippen molar-refractivity contribution in [1.29, 1.82) is 0 Å². The number of carbonyl (C=O) groups excluding carboxylic acids is 1. The van der Waals surface area contributed by atoms with Gasteiger partial charge < -0.3 is 4.74 Å². The summed E-state index contributed by atoms with van der Waals surface area (Å²) in [6, 6.07) is 0. The molecule has 0 aromatic carbocycles. The summed E-state index contributed by atoms with van der Waals surface area (Å²) in [7, 11) is 0. The molecule has 16 heavy (non-hydrogen) atoms. The largest absolute Gasteiger partial charge is 0.463 e. The topological polar surface area (TPSA) is 29.5 Å². The lowest BCUT2D eigenvalue weighted by Gasteiger charge is -2.24. The molecule has 0 aromatic rings. The monoisotopic (exact) mass is 225 g/mol. The van der Waals surface area contributed by atoms with Gasteiger partial charge in [0.2, 0.25) is 0 Å². The first-order chi connectivity index (χ1) is 7.74. The van der Waals surface area contributed by atoms with Crippen molar-refractivity contribution in [2.24, 2.45) is 0 Å². The van der Waals surface area contributed by atoms with Gasteiger partial charge in [-0.05, 0) is 32.9 Å². The lowest BCUT2D eigenvalue weighted by atomic mass is 10.1. The highest BCUT2D eigenvalue weighted by molar-refractivity contribution is 5.88. The van der Waals surface area contributed by atoms with Crippen LogP contribution in [0.2, 0.25) is 0 Å². The van der Waals surface area contributed by atoms with Gasteiger partial charge >= 0.3 is 5.97 Å². The Labute approximate surface area is 98.5 Å². The van der Waals surface area contributed by atoms with Crippen LogP contribution < -0.4 is 0 Å². The van der Waals surface area contributed by atoms with Gasteiger partial charge in [-0.3, -0.25) is 4.90 Å². The molecule has 0 unspecified atom stereocenters. The van der Waals surface area contributed by atoms with E-state index in [4.69, 9.17) is 4.74 Å². The number of esters is 1. The second kappa shape index (κ2) is 7.44. The minimum absolute atomic E-state index is 0.246. The number of likely N-dealkylation sites (tertiary alicyclic amines) is 1. The second-order valence-electron chi connectivity index (χ2n) is 4.37. The van der Waals surface area contributed by atoms with Crippen molar-refractivity contribution in [2.75, 3.05) is 26.2 Å². The maximum absolute atomic E-state index is 11.4. The highest BCUT2D eigenvalue weighted by Crippen LogP contribution is 2.11. The third-order valence-corrected chi connectivity index (χ3v) is 2.93. The lowest BCUT2D eigenvalue weighted by molar-refractivity contribution is -0.138. The summed E-state index contributed by atoms with van der Waals surface area (Å²) >= 11 is 0. The molecule has 0 aliphatic carbocycles. The van der Waals surface area contributed by atoms with Crippen LogP contribution in [0, 0.1) is 0 Å². The highest BCUT2D eigenvalue weighted by Gasteiger charge is 2.14. The van der Waals surface area contributed by atoms with E-state index in [9.17, 15) is 4.79 Å². The van der Waals surface area contributed by atoms with Crippen molar-refractivity contribution in [3.05, 3.63) is 12.2 Å². The van der Waals surface area contributed by atoms with Crippen LogP contribution in [0.25, 0.3) is 0 Å². The van der Waals surface area contributed by atoms with Crippen LogP contribution in [0.5, 0.6) is 0 Å². The summed E-state index contributed by atoms with van der Waals surface area (Å²) in [4.78, 5) is 13.7. The molecule has 3 nitrogen and oxygen atoms in total. The van der Waals surface area contributed by atoms with Gasteiger partial charge in [0.05, 0.1) is 6.61 Å². The zero-order valence-electron chi connectivity index (χ0n) is 10.3. The molecule has 92 valence electrons. The molecule has 0 bridgehead atoms. The van der Waals surface area contributed by atoms with Crippen molar-refractivity contribution < 1.29 is 9.53 Å². The van der Waals surface area contributed by atoms with Crippen molar-refractivity contribution in [3.8, 4) is 0 Å². The fraction of sp³-hybridized carbons (Fsp3) is 0.769. The summed E-state index contributed by atoms with van der Waals surface area (Å²) in [5, 5.41) is 0. The molecule has 0 spiro atoms. The first kappa shape index (κ1) is 13.2. The lowest BCUT2D eigenvalue weighted by Crippen LogP contribution is -2.31. The van der Waals surface area contributed by atoms with Gasteiger partial charge in [0.1, 0.15) is 0 Å². The zero-order valence-corrected chi connectivity index (χ0v) is 10.3. The molecule has 0 saturated carbocycles. The predicted octanol–water partition coefficient (Wildman–Crippen LogP) is 2.37. The fourth-order valence-electron chi connectivity index (χ4n) is 2.04. The Balaban J connectivity index is 2.32. The van der Waals surface area contributed by atoms with Gasteiger partial charge in [0.25, 0.3) is 0 Å². The van der Waals surface area contributed by atoms with E-state index in [0.717, 1.165) is 13.1 Å². The SMILES string of the molecule is C=C(CN1CCCCCCC1)C(=O)OCC. The van der Waals surface area contributed by atoms with Gasteiger partial charge in [0.15, 0.2) is 0 Å². The molecular formula is C13H23NO2. The molecule has 0 atom stereocenters. The van der Waals surface area contributed by atoms with Crippen LogP contribution in [0.1, 0.15) is 39.0 Å². The van der Waals surface area contributed by atoms with Crippen LogP contribution in [-0.4, -0.2) is 37.1 Å². The van der Waals surface area contributed by atoms with E-state index in [1.165, 1.54) is 32.1 Å². The predicted molar refractivity (Wildman–Crippen MR) is 65.3 cm³/mol. The quantitative estimate of drug-likeness (QED) is 0.543. The summed E-state index contributed by atoms with van der Waals surface area (Å²) in [6.07, 6.45) is 6.43. The molecule has 1 saturated heterocycles. The van der Waals surface area contributed by atoms with Gasteiger partial charge in [-0.2, -0.15) is 0 Å². The van der Waals surface area contributed by atoms with Crippen molar-refractivity contribution in [1.82, 2.24) is 4.90 Å². The Morgan fingerprint density at radius 1 is 1.19 bits per heavy atom. The van der Waals surface area contributed by atoms with Crippen LogP contribution in [0.15, 0.2) is 12.2 Å². The minimum atomic E-state index is -0.246. The van der Waals surface area contributed by atoms with Crippen LogP contribution in [0.4, 0.5) is 0 Å². The third-order valence-electron chi connectivity index (χ3n) is 2.93. The Morgan fingerprint density at radius 2 is 1.75 bits per heavy atom. The molecular weight excluding hydrogens is 202 g/mol. The van der Waals surface area contributed by atoms with Gasteiger partial charge in [0, 0.05) is 12.1 Å². The standard InChI is InChI=1S/C13H23NO2/c1-3-16-13(15)12(2)11-14-9-7-5-4-6-8-10-14/h2-11H2,1H3. The average molecular weight is 225 g/mol. The van der Waals surface area contributed by atoms with E-state index in [2.05, 4.69) is 11.5 Å². The number of carbonyl (C=O) groups is 1. The van der Waals surface area contributed by atoms with Crippen LogP contribution in [-0.2, 0) is 9.53 Å². The smallest absolute Gasteiger partial charge is 0.334 e. The minimum Gasteiger partial charge on any atom is -0.463 e. The third kappa shape index (κ3) is 4.79. The number of hydrogen-bond donors (Lipinski definition) is 0. The Kier molecular flexibility index (Phi) is 6.16. The Bertz CT molecular complexity index is 230. The normalized spacial score (nSPS) is 18.6. The van der Waals surface area contributed by atoms with Gasteiger partial charge in [-0.15, -0.1) is 0 Å². The Hall–Kier alpha value is -0.830. The van der Waals surface area contributed by atoms with Crippen molar-refractivity contribution in [2.45, 2.75) is 39.0 Å². The van der Waals surface area contributed by atoms with E-state index in [1.54, 1.807) is 0 Å². The number of rotatable bonds is 4. The molecule has 1 heterocycles. The molecule has 3 heteroatoms. The maximum atomic E-state index is 11.4. The number of nitrogens with zero attached hydrogens (tertiary/aromatic N) is 1. The van der Waals surface area contributed by atoms with Crippen LogP contribution in [0.3, 0.4) is 0 Å². The molecule has 1 fully saturated rings. The van der Waals surface area contributed by atoms with Crippen molar-refractivity contribution in [3.63, 3.8) is 0 Å². The molecule has 0 N–H and O–H groups in total. The second-order valence-corrected chi connectivity index (χ2v) is 4.37. The summed E-state index contributed by atoms with van der Waals surface area (Å²) in [6.45, 7) is 8.88. The maximum Gasteiger partial charge on any atom is 0.334 e. The van der Waals surface area contributed by atoms with E-state index in [-0.39, 0.29) is 5.97 Å². The Morgan fingerprint density at radius 3 is 2.31 bits per heavy atom. The van der Waals surface area contributed by atoms with Gasteiger partial charge in [-0.1, -0.05) is 25.8 Å². The first-order valence-electron chi connectivity index (χ1n) is 6.31. The van der Waals surface area contributed by atoms with E-state index >= 15 is 0 Å². The summed E-state index contributed by atoms with van der Waals surface area (Å²) in [5.74, 6) is -0.246. The molecule has 1 aliphatic heterocycles. The van der Waals surface area contributed by atoms with Crippen molar-refractivity contribution >= 4 is 5.97 Å². The van der Waals surface area contributed by atoms with E-state index in [0.29, 0.717) is 18.7 Å². The number of ether oxygens (including phenoxy) is 1. The fourth-order valence-corrected chi connectivity index (χ4v) is 2.04. The zero-order chi connectivity index (χ0) is 11.8. The summed E-state index contributed by atoms with van der Waals surface area (Å²) in [5.41, 5.74) is 0.586.